The van der Waals surface area contributed by atoms with Gasteiger partial charge in [-0.1, -0.05) is 12.8 Å². The Morgan fingerprint density at radius 2 is 2.00 bits per heavy atom. The largest absolute Gasteiger partial charge is 0.325 e. The number of carbonyl (C=O) groups is 1. The van der Waals surface area contributed by atoms with E-state index in [0.717, 1.165) is 13.1 Å². The number of rotatable bonds is 3. The summed E-state index contributed by atoms with van der Waals surface area (Å²) in [4.78, 5) is 16.7. The van der Waals surface area contributed by atoms with Gasteiger partial charge in [0.2, 0.25) is 5.91 Å². The summed E-state index contributed by atoms with van der Waals surface area (Å²) < 4.78 is 0. The third-order valence-electron chi connectivity index (χ3n) is 5.14. The van der Waals surface area contributed by atoms with E-state index in [1.54, 1.807) is 0 Å². The van der Waals surface area contributed by atoms with Crippen LogP contribution in [0.15, 0.2) is 0 Å². The maximum absolute atomic E-state index is 12.1. The lowest BCUT2D eigenvalue weighted by molar-refractivity contribution is -0.129. The van der Waals surface area contributed by atoms with Gasteiger partial charge in [-0.2, -0.15) is 0 Å². The van der Waals surface area contributed by atoms with Crippen molar-refractivity contribution < 1.29 is 4.79 Å². The summed E-state index contributed by atoms with van der Waals surface area (Å²) in [5.41, 5.74) is 0. The monoisotopic (exact) mass is 265 g/mol. The van der Waals surface area contributed by atoms with Gasteiger partial charge in [-0.25, -0.2) is 0 Å². The molecule has 4 nitrogen and oxygen atoms in total. The van der Waals surface area contributed by atoms with Crippen LogP contribution < -0.4 is 5.32 Å². The topological polar surface area (TPSA) is 35.6 Å². The minimum atomic E-state index is 0.324. The first kappa shape index (κ1) is 13.4. The van der Waals surface area contributed by atoms with Crippen molar-refractivity contribution in [2.45, 2.75) is 44.7 Å². The van der Waals surface area contributed by atoms with Crippen LogP contribution in [-0.2, 0) is 4.79 Å². The molecule has 2 unspecified atom stereocenters. The second kappa shape index (κ2) is 5.80. The van der Waals surface area contributed by atoms with Gasteiger partial charge in [-0.05, 0) is 51.1 Å². The SMILES string of the molecule is CN1CCCC(CN2C(=O)CNC2C2CCCC2)C1. The Labute approximate surface area is 116 Å². The molecule has 0 aromatic carbocycles. The van der Waals surface area contributed by atoms with Crippen LogP contribution in [0.25, 0.3) is 0 Å². The van der Waals surface area contributed by atoms with E-state index < -0.39 is 0 Å². The second-order valence-electron chi connectivity index (χ2n) is 6.69. The van der Waals surface area contributed by atoms with Gasteiger partial charge >= 0.3 is 0 Å². The molecule has 0 aromatic rings. The number of carbonyl (C=O) groups excluding carboxylic acids is 1. The van der Waals surface area contributed by atoms with Gasteiger partial charge in [0.1, 0.15) is 0 Å². The van der Waals surface area contributed by atoms with Crippen molar-refractivity contribution >= 4 is 5.91 Å². The van der Waals surface area contributed by atoms with Crippen LogP contribution in [0, 0.1) is 11.8 Å². The minimum absolute atomic E-state index is 0.324. The fourth-order valence-corrected chi connectivity index (χ4v) is 4.17. The van der Waals surface area contributed by atoms with Crippen LogP contribution in [0.2, 0.25) is 0 Å². The standard InChI is InChI=1S/C15H27N3O/c1-17-8-4-5-12(10-17)11-18-14(19)9-16-15(18)13-6-2-3-7-13/h12-13,15-16H,2-11H2,1H3. The molecule has 3 aliphatic rings. The highest BCUT2D eigenvalue weighted by Crippen LogP contribution is 2.31. The first-order valence-corrected chi connectivity index (χ1v) is 7.95. The van der Waals surface area contributed by atoms with E-state index in [9.17, 15) is 4.79 Å². The van der Waals surface area contributed by atoms with E-state index in [1.165, 1.54) is 45.1 Å². The molecule has 0 aromatic heterocycles. The predicted molar refractivity (Wildman–Crippen MR) is 75.7 cm³/mol. The summed E-state index contributed by atoms with van der Waals surface area (Å²) in [5, 5.41) is 3.46. The molecule has 0 bridgehead atoms. The third kappa shape index (κ3) is 2.95. The van der Waals surface area contributed by atoms with E-state index in [2.05, 4.69) is 22.2 Å². The molecule has 2 saturated heterocycles. The summed E-state index contributed by atoms with van der Waals surface area (Å²) >= 11 is 0. The number of nitrogens with one attached hydrogen (secondary N) is 1. The lowest BCUT2D eigenvalue weighted by atomic mass is 9.96. The van der Waals surface area contributed by atoms with Crippen LogP contribution in [0.3, 0.4) is 0 Å². The van der Waals surface area contributed by atoms with E-state index in [0.29, 0.717) is 30.5 Å². The Bertz CT molecular complexity index is 327. The first-order chi connectivity index (χ1) is 9.24. The number of hydrogen-bond acceptors (Lipinski definition) is 3. The summed E-state index contributed by atoms with van der Waals surface area (Å²) in [7, 11) is 2.20. The van der Waals surface area contributed by atoms with Gasteiger partial charge in [0.25, 0.3) is 0 Å². The normalized spacial score (nSPS) is 34.4. The van der Waals surface area contributed by atoms with Crippen LogP contribution in [0.5, 0.6) is 0 Å². The molecule has 3 fully saturated rings. The number of amides is 1. The van der Waals surface area contributed by atoms with Crippen LogP contribution in [0.4, 0.5) is 0 Å². The molecule has 3 rings (SSSR count). The van der Waals surface area contributed by atoms with Crippen LogP contribution in [0.1, 0.15) is 38.5 Å². The fourth-order valence-electron chi connectivity index (χ4n) is 4.17. The summed E-state index contributed by atoms with van der Waals surface area (Å²) in [5.74, 6) is 1.70. The van der Waals surface area contributed by atoms with Gasteiger partial charge in [0.15, 0.2) is 0 Å². The number of hydrogen-bond donors (Lipinski definition) is 1. The molecule has 108 valence electrons. The third-order valence-corrected chi connectivity index (χ3v) is 5.14. The molecule has 1 N–H and O–H groups in total. The van der Waals surface area contributed by atoms with Crippen LogP contribution >= 0.6 is 0 Å². The van der Waals surface area contributed by atoms with Crippen molar-refractivity contribution in [2.24, 2.45) is 11.8 Å². The van der Waals surface area contributed by atoms with E-state index in [-0.39, 0.29) is 0 Å². The Morgan fingerprint density at radius 3 is 2.74 bits per heavy atom. The zero-order valence-electron chi connectivity index (χ0n) is 12.1. The fraction of sp³-hybridized carbons (Fsp3) is 0.933. The van der Waals surface area contributed by atoms with Gasteiger partial charge < -0.3 is 9.80 Å². The lowest BCUT2D eigenvalue weighted by Crippen LogP contribution is -2.47. The minimum Gasteiger partial charge on any atom is -0.325 e. The zero-order chi connectivity index (χ0) is 13.2. The highest BCUT2D eigenvalue weighted by atomic mass is 16.2. The summed E-state index contributed by atoms with van der Waals surface area (Å²) in [6.07, 6.45) is 8.18. The van der Waals surface area contributed by atoms with E-state index >= 15 is 0 Å². The zero-order valence-corrected chi connectivity index (χ0v) is 12.1. The van der Waals surface area contributed by atoms with Crippen molar-refractivity contribution in [3.05, 3.63) is 0 Å². The van der Waals surface area contributed by atoms with Crippen molar-refractivity contribution in [2.75, 3.05) is 33.2 Å². The smallest absolute Gasteiger partial charge is 0.237 e. The van der Waals surface area contributed by atoms with Crippen molar-refractivity contribution in [1.82, 2.24) is 15.1 Å². The molecule has 0 radical (unpaired) electrons. The Hall–Kier alpha value is -0.610. The van der Waals surface area contributed by atoms with Gasteiger partial charge in [-0.15, -0.1) is 0 Å². The molecule has 1 amide bonds. The van der Waals surface area contributed by atoms with Gasteiger partial charge in [0.05, 0.1) is 12.7 Å². The maximum atomic E-state index is 12.1. The summed E-state index contributed by atoms with van der Waals surface area (Å²) in [6.45, 7) is 3.90. The van der Waals surface area contributed by atoms with Crippen LogP contribution in [-0.4, -0.2) is 55.1 Å². The summed E-state index contributed by atoms with van der Waals surface area (Å²) in [6, 6.07) is 0. The average Bonchev–Trinajstić information content (AvgIpc) is 3.01. The molecule has 4 heteroatoms. The van der Waals surface area contributed by atoms with Gasteiger partial charge in [0, 0.05) is 13.1 Å². The quantitative estimate of drug-likeness (QED) is 0.835. The molecule has 2 atom stereocenters. The average molecular weight is 265 g/mol. The first-order valence-electron chi connectivity index (χ1n) is 7.95. The van der Waals surface area contributed by atoms with E-state index in [4.69, 9.17) is 0 Å². The van der Waals surface area contributed by atoms with E-state index in [1.807, 2.05) is 0 Å². The van der Waals surface area contributed by atoms with Gasteiger partial charge in [-0.3, -0.25) is 10.1 Å². The Balaban J connectivity index is 1.61. The molecule has 2 heterocycles. The number of piperidine rings is 1. The molecular weight excluding hydrogens is 238 g/mol. The molecule has 19 heavy (non-hydrogen) atoms. The van der Waals surface area contributed by atoms with Crippen molar-refractivity contribution in [3.63, 3.8) is 0 Å². The van der Waals surface area contributed by atoms with Crippen molar-refractivity contribution in [3.8, 4) is 0 Å². The predicted octanol–water partition coefficient (Wildman–Crippen LogP) is 1.28. The van der Waals surface area contributed by atoms with Crippen molar-refractivity contribution in [1.29, 1.82) is 0 Å². The molecular formula is C15H27N3O. The molecule has 0 spiro atoms. The Kier molecular flexibility index (Phi) is 4.08. The highest BCUT2D eigenvalue weighted by molar-refractivity contribution is 5.80. The number of likely N-dealkylation sites (tertiary alicyclic amines) is 1. The number of nitrogens with zero attached hydrogens (tertiary/aromatic N) is 2. The highest BCUT2D eigenvalue weighted by Gasteiger charge is 2.38. The molecule has 1 aliphatic carbocycles. The Morgan fingerprint density at radius 1 is 1.21 bits per heavy atom. The maximum Gasteiger partial charge on any atom is 0.237 e. The molecule has 2 aliphatic heterocycles. The second-order valence-corrected chi connectivity index (χ2v) is 6.69. The lowest BCUT2D eigenvalue weighted by Gasteiger charge is -2.36. The molecule has 1 saturated carbocycles.